The molecule has 14 heavy (non-hydrogen) atoms. The van der Waals surface area contributed by atoms with Crippen LogP contribution >= 0.6 is 11.6 Å². The third-order valence-corrected chi connectivity index (χ3v) is 2.24. The largest absolute Gasteiger partial charge is 0.508 e. The zero-order valence-corrected chi connectivity index (χ0v) is 8.20. The molecule has 2 heteroatoms. The zero-order chi connectivity index (χ0) is 9.97. The van der Waals surface area contributed by atoms with Crippen molar-refractivity contribution in [3.05, 3.63) is 53.6 Å². The van der Waals surface area contributed by atoms with E-state index in [4.69, 9.17) is 11.6 Å². The highest BCUT2D eigenvalue weighted by Crippen LogP contribution is 2.25. The number of hydrogen-bond acceptors (Lipinski definition) is 1. The third kappa shape index (κ3) is 1.88. The summed E-state index contributed by atoms with van der Waals surface area (Å²) in [6, 6.07) is 14.7. The highest BCUT2D eigenvalue weighted by atomic mass is 35.5. The Balaban J connectivity index is 2.49. The van der Waals surface area contributed by atoms with E-state index in [1.54, 1.807) is 12.1 Å². The molecule has 0 atom stereocenters. The van der Waals surface area contributed by atoms with Crippen LogP contribution < -0.4 is 0 Å². The molecule has 0 unspecified atom stereocenters. The van der Waals surface area contributed by atoms with Crippen LogP contribution in [-0.4, -0.2) is 5.11 Å². The monoisotopic (exact) mass is 204 g/mol. The Morgan fingerprint density at radius 3 is 2.14 bits per heavy atom. The Labute approximate surface area is 87.6 Å². The summed E-state index contributed by atoms with van der Waals surface area (Å²) in [5.74, 6) is 0.266. The van der Waals surface area contributed by atoms with Crippen molar-refractivity contribution in [2.75, 3.05) is 0 Å². The van der Waals surface area contributed by atoms with E-state index >= 15 is 0 Å². The Morgan fingerprint density at radius 1 is 0.857 bits per heavy atom. The van der Waals surface area contributed by atoms with E-state index in [-0.39, 0.29) is 5.75 Å². The van der Waals surface area contributed by atoms with Gasteiger partial charge in [0.25, 0.3) is 0 Å². The lowest BCUT2D eigenvalue weighted by molar-refractivity contribution is 0.475. The second kappa shape index (κ2) is 3.72. The summed E-state index contributed by atoms with van der Waals surface area (Å²) >= 11 is 5.87. The van der Waals surface area contributed by atoms with Gasteiger partial charge in [0.15, 0.2) is 0 Å². The van der Waals surface area contributed by atoms with E-state index in [1.807, 2.05) is 36.4 Å². The van der Waals surface area contributed by atoms with Crippen LogP contribution in [0.5, 0.6) is 5.75 Å². The minimum absolute atomic E-state index is 0.266. The molecule has 0 saturated carbocycles. The van der Waals surface area contributed by atoms with Crippen LogP contribution in [0.15, 0.2) is 48.5 Å². The molecule has 0 heterocycles. The number of halogens is 1. The predicted octanol–water partition coefficient (Wildman–Crippen LogP) is 3.71. The number of aromatic hydroxyl groups is 1. The lowest BCUT2D eigenvalue weighted by Gasteiger charge is -2.02. The average molecular weight is 205 g/mol. The van der Waals surface area contributed by atoms with E-state index in [0.717, 1.165) is 11.1 Å². The fourth-order valence-electron chi connectivity index (χ4n) is 1.35. The molecule has 0 bridgehead atoms. The van der Waals surface area contributed by atoms with Crippen LogP contribution in [0.25, 0.3) is 11.1 Å². The van der Waals surface area contributed by atoms with Crippen LogP contribution in [0.1, 0.15) is 0 Å². The maximum absolute atomic E-state index is 9.31. The van der Waals surface area contributed by atoms with Gasteiger partial charge in [-0.1, -0.05) is 35.9 Å². The fraction of sp³-hybridized carbons (Fsp3) is 0. The topological polar surface area (TPSA) is 20.2 Å². The fourth-order valence-corrected chi connectivity index (χ4v) is 1.54. The highest BCUT2D eigenvalue weighted by Gasteiger charge is 1.98. The molecule has 2 aromatic carbocycles. The number of phenols is 1. The molecule has 0 aliphatic carbocycles. The molecule has 2 rings (SSSR count). The first kappa shape index (κ1) is 9.10. The SMILES string of the molecule is Oc1cccc(-c2cccc(Cl)c2)c1. The van der Waals surface area contributed by atoms with Crippen molar-refractivity contribution < 1.29 is 5.11 Å². The molecule has 1 nitrogen and oxygen atoms in total. The Hall–Kier alpha value is -1.47. The Kier molecular flexibility index (Phi) is 2.42. The van der Waals surface area contributed by atoms with Crippen molar-refractivity contribution >= 4 is 11.6 Å². The van der Waals surface area contributed by atoms with Gasteiger partial charge in [-0.05, 0) is 35.4 Å². The molecule has 0 spiro atoms. The molecule has 0 aliphatic heterocycles. The van der Waals surface area contributed by atoms with Gasteiger partial charge in [0.05, 0.1) is 0 Å². The Morgan fingerprint density at radius 2 is 1.50 bits per heavy atom. The molecular weight excluding hydrogens is 196 g/mol. The van der Waals surface area contributed by atoms with Gasteiger partial charge < -0.3 is 5.11 Å². The maximum atomic E-state index is 9.31. The first-order chi connectivity index (χ1) is 6.75. The van der Waals surface area contributed by atoms with Gasteiger partial charge in [0.1, 0.15) is 5.75 Å². The van der Waals surface area contributed by atoms with Crippen molar-refractivity contribution in [3.8, 4) is 16.9 Å². The van der Waals surface area contributed by atoms with E-state index in [1.165, 1.54) is 0 Å². The van der Waals surface area contributed by atoms with Gasteiger partial charge in [-0.25, -0.2) is 0 Å². The number of rotatable bonds is 1. The predicted molar refractivity (Wildman–Crippen MR) is 58.6 cm³/mol. The van der Waals surface area contributed by atoms with E-state index in [9.17, 15) is 5.11 Å². The molecule has 70 valence electrons. The van der Waals surface area contributed by atoms with Crippen molar-refractivity contribution in [2.24, 2.45) is 0 Å². The van der Waals surface area contributed by atoms with Gasteiger partial charge in [-0.15, -0.1) is 0 Å². The highest BCUT2D eigenvalue weighted by molar-refractivity contribution is 6.30. The second-order valence-electron chi connectivity index (χ2n) is 3.06. The molecule has 0 aliphatic rings. The first-order valence-corrected chi connectivity index (χ1v) is 4.68. The summed E-state index contributed by atoms with van der Waals surface area (Å²) in [5, 5.41) is 10.0. The van der Waals surface area contributed by atoms with E-state index in [2.05, 4.69) is 0 Å². The minimum Gasteiger partial charge on any atom is -0.508 e. The molecule has 0 saturated heterocycles. The van der Waals surface area contributed by atoms with E-state index < -0.39 is 0 Å². The lowest BCUT2D eigenvalue weighted by Crippen LogP contribution is -1.76. The maximum Gasteiger partial charge on any atom is 0.116 e. The summed E-state index contributed by atoms with van der Waals surface area (Å²) in [7, 11) is 0. The van der Waals surface area contributed by atoms with E-state index in [0.29, 0.717) is 5.02 Å². The molecule has 2 aromatic rings. The van der Waals surface area contributed by atoms with Gasteiger partial charge in [0.2, 0.25) is 0 Å². The van der Waals surface area contributed by atoms with Crippen LogP contribution in [0.4, 0.5) is 0 Å². The smallest absolute Gasteiger partial charge is 0.116 e. The quantitative estimate of drug-likeness (QED) is 0.751. The molecular formula is C12H9ClO. The van der Waals surface area contributed by atoms with Crippen molar-refractivity contribution in [3.63, 3.8) is 0 Å². The molecule has 0 radical (unpaired) electrons. The first-order valence-electron chi connectivity index (χ1n) is 4.31. The van der Waals surface area contributed by atoms with Crippen LogP contribution in [0.3, 0.4) is 0 Å². The molecule has 0 fully saturated rings. The number of phenolic OH excluding ortho intramolecular Hbond substituents is 1. The Bertz CT molecular complexity index is 408. The van der Waals surface area contributed by atoms with Crippen LogP contribution in [0, 0.1) is 0 Å². The summed E-state index contributed by atoms with van der Waals surface area (Å²) in [5.41, 5.74) is 1.97. The second-order valence-corrected chi connectivity index (χ2v) is 3.50. The third-order valence-electron chi connectivity index (χ3n) is 2.00. The average Bonchev–Trinajstić information content (AvgIpc) is 2.18. The van der Waals surface area contributed by atoms with Crippen LogP contribution in [-0.2, 0) is 0 Å². The zero-order valence-electron chi connectivity index (χ0n) is 7.44. The summed E-state index contributed by atoms with van der Waals surface area (Å²) in [6.07, 6.45) is 0. The lowest BCUT2D eigenvalue weighted by atomic mass is 10.1. The minimum atomic E-state index is 0.266. The summed E-state index contributed by atoms with van der Waals surface area (Å²) in [6.45, 7) is 0. The van der Waals surface area contributed by atoms with Gasteiger partial charge in [-0.2, -0.15) is 0 Å². The summed E-state index contributed by atoms with van der Waals surface area (Å²) < 4.78 is 0. The molecule has 0 amide bonds. The molecule has 0 aromatic heterocycles. The van der Waals surface area contributed by atoms with Gasteiger partial charge >= 0.3 is 0 Å². The van der Waals surface area contributed by atoms with Gasteiger partial charge in [-0.3, -0.25) is 0 Å². The summed E-state index contributed by atoms with van der Waals surface area (Å²) in [4.78, 5) is 0. The van der Waals surface area contributed by atoms with Crippen molar-refractivity contribution in [2.45, 2.75) is 0 Å². The van der Waals surface area contributed by atoms with Crippen molar-refractivity contribution in [1.29, 1.82) is 0 Å². The van der Waals surface area contributed by atoms with Crippen LogP contribution in [0.2, 0.25) is 5.02 Å². The standard InChI is InChI=1S/C12H9ClO/c13-11-5-1-3-9(7-11)10-4-2-6-12(14)8-10/h1-8,14H. The number of benzene rings is 2. The van der Waals surface area contributed by atoms with Crippen molar-refractivity contribution in [1.82, 2.24) is 0 Å². The molecule has 1 N–H and O–H groups in total. The normalized spacial score (nSPS) is 10.1. The number of hydrogen-bond donors (Lipinski definition) is 1. The van der Waals surface area contributed by atoms with Gasteiger partial charge in [0, 0.05) is 5.02 Å².